The number of aliphatic hydroxyl groups is 1. The number of unbranched alkanes of at least 4 members (excludes halogenated alkanes) is 22. The summed E-state index contributed by atoms with van der Waals surface area (Å²) in [5.74, 6) is -4.40. The smallest absolute Gasteiger partial charge is 0.338 e. The molecule has 1 N–H and O–H groups in total. The van der Waals surface area contributed by atoms with Gasteiger partial charge in [0.25, 0.3) is 0 Å². The van der Waals surface area contributed by atoms with Gasteiger partial charge in [0.15, 0.2) is 30.4 Å². The third kappa shape index (κ3) is 24.9. The predicted molar refractivity (Wildman–Crippen MR) is 331 cm³/mol. The lowest BCUT2D eigenvalue weighted by molar-refractivity contribution is -0.303. The summed E-state index contributed by atoms with van der Waals surface area (Å²) in [6.07, 6.45) is 17.6. The van der Waals surface area contributed by atoms with Gasteiger partial charge >= 0.3 is 23.9 Å². The van der Waals surface area contributed by atoms with Crippen molar-refractivity contribution >= 4 is 23.9 Å². The van der Waals surface area contributed by atoms with Gasteiger partial charge in [0.2, 0.25) is 0 Å². The molecule has 2 aliphatic rings. The zero-order valence-electron chi connectivity index (χ0n) is 51.9. The van der Waals surface area contributed by atoms with E-state index in [1.807, 2.05) is 0 Å². The number of carbonyl (C=O) groups excluding carboxylic acids is 4. The van der Waals surface area contributed by atoms with Crippen LogP contribution in [0.15, 0.2) is 121 Å². The van der Waals surface area contributed by atoms with E-state index in [4.69, 9.17) is 47.4 Å². The first-order valence-electron chi connectivity index (χ1n) is 32.5. The molecule has 0 aromatic heterocycles. The third-order valence-electron chi connectivity index (χ3n) is 15.8. The van der Waals surface area contributed by atoms with Gasteiger partial charge in [-0.25, -0.2) is 19.2 Å². The van der Waals surface area contributed by atoms with Crippen LogP contribution in [0.3, 0.4) is 0 Å². The standard InChI is InChI=1S/C71H100O15/c1-5-7-9-11-13-15-17-19-21-23-25-39-49-77-52-59(78-50-40-26-24-22-20-18-16-14-12-10-8-6-2)63-61(85-71(3,4)86-63)58(72)51-80-70-65(84-69(76)57-47-37-30-38-48-57)64(83-68(75)56-45-35-29-36-46-56)62(82-67(74)55-43-33-28-34-44-55)60(81-70)53-79-66(73)54-41-31-27-32-42-54/h27-38,41-48,58-65,70,72H,5-26,39-40,49-53H2,1-4H3/t58-,59-,60-,61-,62+,63-,64+,65-,70-/m1/s1. The van der Waals surface area contributed by atoms with Crippen LogP contribution in [-0.4, -0.2) is 123 Å². The molecular weight excluding hydrogens is 1090 g/mol. The van der Waals surface area contributed by atoms with E-state index in [0.29, 0.717) is 13.2 Å². The number of hydrogen-bond donors (Lipinski definition) is 1. The van der Waals surface area contributed by atoms with Crippen LogP contribution < -0.4 is 0 Å². The minimum Gasteiger partial charge on any atom is -0.459 e. The summed E-state index contributed by atoms with van der Waals surface area (Å²) >= 11 is 0. The molecule has 2 aliphatic heterocycles. The van der Waals surface area contributed by atoms with Crippen LogP contribution in [0, 0.1) is 0 Å². The Hall–Kier alpha value is -5.52. The average molecular weight is 1190 g/mol. The summed E-state index contributed by atoms with van der Waals surface area (Å²) in [5, 5.41) is 12.4. The summed E-state index contributed by atoms with van der Waals surface area (Å²) < 4.78 is 63.8. The van der Waals surface area contributed by atoms with Crippen molar-refractivity contribution in [2.75, 3.05) is 33.0 Å². The highest BCUT2D eigenvalue weighted by Gasteiger charge is 2.55. The number of aliphatic hydroxyl groups excluding tert-OH is 1. The maximum atomic E-state index is 14.2. The quantitative estimate of drug-likeness (QED) is 0.0251. The lowest BCUT2D eigenvalue weighted by Crippen LogP contribution is -2.63. The summed E-state index contributed by atoms with van der Waals surface area (Å²) in [6.45, 7) is 8.22. The van der Waals surface area contributed by atoms with Crippen LogP contribution in [0.4, 0.5) is 0 Å². The predicted octanol–water partition coefficient (Wildman–Crippen LogP) is 14.9. The fourth-order valence-corrected chi connectivity index (χ4v) is 11.0. The topological polar surface area (TPSA) is 181 Å². The molecule has 6 rings (SSSR count). The van der Waals surface area contributed by atoms with E-state index in [1.165, 1.54) is 116 Å². The van der Waals surface area contributed by atoms with Gasteiger partial charge in [0.1, 0.15) is 37.1 Å². The van der Waals surface area contributed by atoms with Gasteiger partial charge in [-0.1, -0.05) is 228 Å². The monoisotopic (exact) mass is 1190 g/mol. The highest BCUT2D eigenvalue weighted by atomic mass is 16.8. The Morgan fingerprint density at radius 3 is 1.27 bits per heavy atom. The second kappa shape index (κ2) is 40.1. The first kappa shape index (κ1) is 69.6. The summed E-state index contributed by atoms with van der Waals surface area (Å²) in [7, 11) is 0. The van der Waals surface area contributed by atoms with Crippen LogP contribution in [0.2, 0.25) is 0 Å². The molecule has 9 atom stereocenters. The Balaban J connectivity index is 1.20. The normalized spacial score (nSPS) is 20.6. The van der Waals surface area contributed by atoms with E-state index in [1.54, 1.807) is 135 Å². The lowest BCUT2D eigenvalue weighted by Gasteiger charge is -2.44. The van der Waals surface area contributed by atoms with Crippen LogP contribution in [0.1, 0.15) is 223 Å². The second-order valence-electron chi connectivity index (χ2n) is 23.4. The second-order valence-corrected chi connectivity index (χ2v) is 23.4. The van der Waals surface area contributed by atoms with Gasteiger partial charge in [0, 0.05) is 13.2 Å². The van der Waals surface area contributed by atoms with Crippen LogP contribution in [-0.2, 0) is 47.4 Å². The first-order valence-corrected chi connectivity index (χ1v) is 32.5. The molecule has 0 amide bonds. The number of benzene rings is 4. The SMILES string of the molecule is CCCCCCCCCCCCCCOC[C@@H](OCCCCCCCCCCCCCC)[C@H]1OC(C)(C)O[C@@H]1[C@H](O)CO[C@@H]1O[C@H](COC(=O)c2ccccc2)[C@H](OC(=O)c2ccccc2)[C@H](OC(=O)c2ccccc2)[C@H]1OC(=O)c1ccccc1. The van der Waals surface area contributed by atoms with Crippen LogP contribution in [0.5, 0.6) is 0 Å². The molecule has 15 nitrogen and oxygen atoms in total. The molecule has 2 fully saturated rings. The molecule has 4 aromatic carbocycles. The van der Waals surface area contributed by atoms with E-state index in [9.17, 15) is 24.3 Å². The molecule has 86 heavy (non-hydrogen) atoms. The van der Waals surface area contributed by atoms with Gasteiger partial charge in [0.05, 0.1) is 35.5 Å². The van der Waals surface area contributed by atoms with Crippen molar-refractivity contribution in [3.8, 4) is 0 Å². The average Bonchev–Trinajstić information content (AvgIpc) is 1.67. The molecule has 0 radical (unpaired) electrons. The Labute approximate surface area is 512 Å². The molecule has 2 saturated heterocycles. The fraction of sp³-hybridized carbons (Fsp3) is 0.606. The molecular formula is C71H100O15. The van der Waals surface area contributed by atoms with Crippen LogP contribution in [0.25, 0.3) is 0 Å². The molecule has 0 bridgehead atoms. The Kier molecular flexibility index (Phi) is 32.4. The molecule has 0 aliphatic carbocycles. The number of carbonyl (C=O) groups is 4. The van der Waals surface area contributed by atoms with Crippen molar-refractivity contribution < 1.29 is 71.7 Å². The Morgan fingerprint density at radius 2 is 0.826 bits per heavy atom. The largest absolute Gasteiger partial charge is 0.459 e. The van der Waals surface area contributed by atoms with Crippen molar-refractivity contribution in [1.82, 2.24) is 0 Å². The van der Waals surface area contributed by atoms with E-state index >= 15 is 0 Å². The lowest BCUT2D eigenvalue weighted by atomic mass is 9.97. The Morgan fingerprint density at radius 1 is 0.453 bits per heavy atom. The van der Waals surface area contributed by atoms with Crippen molar-refractivity contribution in [2.45, 2.75) is 243 Å². The van der Waals surface area contributed by atoms with Crippen molar-refractivity contribution in [1.29, 1.82) is 0 Å². The molecule has 15 heteroatoms. The van der Waals surface area contributed by atoms with Gasteiger partial charge < -0.3 is 52.5 Å². The van der Waals surface area contributed by atoms with Gasteiger partial charge in [-0.05, 0) is 75.2 Å². The Bertz CT molecular complexity index is 2460. The molecule has 4 aromatic rings. The van der Waals surface area contributed by atoms with Crippen LogP contribution >= 0.6 is 0 Å². The highest BCUT2D eigenvalue weighted by molar-refractivity contribution is 5.91. The maximum Gasteiger partial charge on any atom is 0.338 e. The molecule has 0 saturated carbocycles. The van der Waals surface area contributed by atoms with Crippen molar-refractivity contribution in [2.24, 2.45) is 0 Å². The minimum atomic E-state index is -1.66. The number of hydrogen-bond acceptors (Lipinski definition) is 15. The number of ether oxygens (including phenoxy) is 10. The van der Waals surface area contributed by atoms with Crippen molar-refractivity contribution in [3.05, 3.63) is 144 Å². The van der Waals surface area contributed by atoms with Gasteiger partial charge in [-0.15, -0.1) is 0 Å². The molecule has 2 heterocycles. The van der Waals surface area contributed by atoms with Gasteiger partial charge in [-0.2, -0.15) is 0 Å². The summed E-state index contributed by atoms with van der Waals surface area (Å²) in [5.41, 5.74) is 0.678. The number of rotatable bonds is 43. The first-order chi connectivity index (χ1) is 42.0. The molecule has 0 spiro atoms. The van der Waals surface area contributed by atoms with E-state index in [-0.39, 0.29) is 28.9 Å². The van der Waals surface area contributed by atoms with E-state index in [0.717, 1.165) is 38.5 Å². The number of esters is 4. The third-order valence-corrected chi connectivity index (χ3v) is 15.8. The summed E-state index contributed by atoms with van der Waals surface area (Å²) in [6, 6.07) is 32.7. The fourth-order valence-electron chi connectivity index (χ4n) is 11.0. The minimum absolute atomic E-state index is 0.140. The zero-order chi connectivity index (χ0) is 61.0. The maximum absolute atomic E-state index is 14.2. The summed E-state index contributed by atoms with van der Waals surface area (Å²) in [4.78, 5) is 56.1. The highest BCUT2D eigenvalue weighted by Crippen LogP contribution is 2.36. The van der Waals surface area contributed by atoms with E-state index < -0.39 is 98.0 Å². The molecule has 474 valence electrons. The van der Waals surface area contributed by atoms with Crippen molar-refractivity contribution in [3.63, 3.8) is 0 Å². The molecule has 0 unspecified atom stereocenters. The van der Waals surface area contributed by atoms with E-state index in [2.05, 4.69) is 13.8 Å². The van der Waals surface area contributed by atoms with Gasteiger partial charge in [-0.3, -0.25) is 0 Å². The zero-order valence-corrected chi connectivity index (χ0v) is 51.9.